The minimum absolute atomic E-state index is 0.390. The molecule has 0 spiro atoms. The number of nitrogens with two attached hydrogens (primary N) is 1. The van der Waals surface area contributed by atoms with Crippen LogP contribution in [0.1, 0.15) is 11.1 Å². The lowest BCUT2D eigenvalue weighted by molar-refractivity contribution is -0.128. The SMILES string of the molecule is NC(=O)NN=Cc1ccc(OC(=O)C=Cc2ccc(Cl)cc2)cc1. The lowest BCUT2D eigenvalue weighted by Gasteiger charge is -2.01. The van der Waals surface area contributed by atoms with Crippen molar-refractivity contribution in [2.24, 2.45) is 10.8 Å². The summed E-state index contributed by atoms with van der Waals surface area (Å²) in [6.07, 6.45) is 4.38. The van der Waals surface area contributed by atoms with E-state index in [0.717, 1.165) is 5.56 Å². The summed E-state index contributed by atoms with van der Waals surface area (Å²) in [5.74, 6) is -0.109. The van der Waals surface area contributed by atoms with E-state index in [9.17, 15) is 9.59 Å². The summed E-state index contributed by atoms with van der Waals surface area (Å²) in [5, 5.41) is 4.25. The Balaban J connectivity index is 1.90. The van der Waals surface area contributed by atoms with Crippen molar-refractivity contribution in [2.75, 3.05) is 0 Å². The van der Waals surface area contributed by atoms with Crippen molar-refractivity contribution < 1.29 is 14.3 Å². The Morgan fingerprint density at radius 1 is 1.04 bits per heavy atom. The highest BCUT2D eigenvalue weighted by atomic mass is 35.5. The molecule has 6 nitrogen and oxygen atoms in total. The Labute approximate surface area is 143 Å². The molecule has 3 N–H and O–H groups in total. The molecule has 2 amide bonds. The van der Waals surface area contributed by atoms with Gasteiger partial charge in [-0.05, 0) is 53.6 Å². The fourth-order valence-corrected chi connectivity index (χ4v) is 1.81. The average Bonchev–Trinajstić information content (AvgIpc) is 2.56. The van der Waals surface area contributed by atoms with Crippen molar-refractivity contribution in [2.45, 2.75) is 0 Å². The molecule has 0 saturated heterocycles. The third-order valence-electron chi connectivity index (χ3n) is 2.77. The predicted molar refractivity (Wildman–Crippen MR) is 92.9 cm³/mol. The number of benzene rings is 2. The number of esters is 1. The van der Waals surface area contributed by atoms with Crippen LogP contribution < -0.4 is 15.9 Å². The van der Waals surface area contributed by atoms with Crippen molar-refractivity contribution in [3.05, 3.63) is 70.8 Å². The molecule has 0 fully saturated rings. The van der Waals surface area contributed by atoms with E-state index in [1.54, 1.807) is 54.6 Å². The molecule has 0 atom stereocenters. The number of nitrogens with one attached hydrogen (secondary N) is 1. The number of carbonyl (C=O) groups excluding carboxylic acids is 2. The zero-order valence-electron chi connectivity index (χ0n) is 12.5. The molecule has 0 aliphatic rings. The van der Waals surface area contributed by atoms with Crippen LogP contribution in [0.2, 0.25) is 5.02 Å². The van der Waals surface area contributed by atoms with E-state index in [4.69, 9.17) is 22.1 Å². The van der Waals surface area contributed by atoms with Crippen molar-refractivity contribution in [3.8, 4) is 5.75 Å². The summed E-state index contributed by atoms with van der Waals surface area (Å²) in [4.78, 5) is 22.2. The van der Waals surface area contributed by atoms with Gasteiger partial charge in [-0.25, -0.2) is 15.0 Å². The molecule has 2 aromatic carbocycles. The van der Waals surface area contributed by atoms with Gasteiger partial charge in [-0.15, -0.1) is 0 Å². The zero-order valence-corrected chi connectivity index (χ0v) is 13.2. The maximum atomic E-state index is 11.8. The number of ether oxygens (including phenoxy) is 1. The fraction of sp³-hybridized carbons (Fsp3) is 0. The van der Waals surface area contributed by atoms with Crippen molar-refractivity contribution in [1.82, 2.24) is 5.43 Å². The Bertz CT molecular complexity index is 769. The maximum Gasteiger partial charge on any atom is 0.336 e. The van der Waals surface area contributed by atoms with Gasteiger partial charge in [0.15, 0.2) is 0 Å². The van der Waals surface area contributed by atoms with Crippen molar-refractivity contribution in [3.63, 3.8) is 0 Å². The summed E-state index contributed by atoms with van der Waals surface area (Å²) >= 11 is 5.79. The highest BCUT2D eigenvalue weighted by molar-refractivity contribution is 6.30. The fourth-order valence-electron chi connectivity index (χ4n) is 1.68. The molecule has 0 aliphatic heterocycles. The molecule has 0 aliphatic carbocycles. The number of halogens is 1. The molecule has 0 bridgehead atoms. The van der Waals surface area contributed by atoms with Crippen LogP contribution in [0.25, 0.3) is 6.08 Å². The Morgan fingerprint density at radius 2 is 1.67 bits per heavy atom. The van der Waals surface area contributed by atoms with Crippen LogP contribution in [0.15, 0.2) is 59.7 Å². The average molecular weight is 344 g/mol. The minimum Gasteiger partial charge on any atom is -0.423 e. The van der Waals surface area contributed by atoms with E-state index in [-0.39, 0.29) is 0 Å². The largest absolute Gasteiger partial charge is 0.423 e. The first-order valence-corrected chi connectivity index (χ1v) is 7.25. The van der Waals surface area contributed by atoms with Crippen molar-refractivity contribution >= 4 is 35.9 Å². The van der Waals surface area contributed by atoms with E-state index in [1.807, 2.05) is 0 Å². The lowest BCUT2D eigenvalue weighted by Crippen LogP contribution is -2.24. The summed E-state index contributed by atoms with van der Waals surface area (Å²) in [6.45, 7) is 0. The molecule has 122 valence electrons. The number of hydrogen-bond donors (Lipinski definition) is 2. The summed E-state index contributed by atoms with van der Waals surface area (Å²) in [5.41, 5.74) is 8.51. The van der Waals surface area contributed by atoms with Crippen LogP contribution in [0.3, 0.4) is 0 Å². The van der Waals surface area contributed by atoms with Gasteiger partial charge in [-0.1, -0.05) is 23.7 Å². The van der Waals surface area contributed by atoms with Crippen LogP contribution in [-0.4, -0.2) is 18.2 Å². The number of rotatable bonds is 5. The number of hydrogen-bond acceptors (Lipinski definition) is 4. The minimum atomic E-state index is -0.746. The number of amides is 2. The van der Waals surface area contributed by atoms with Crippen LogP contribution in [-0.2, 0) is 4.79 Å². The normalized spacial score (nSPS) is 10.9. The lowest BCUT2D eigenvalue weighted by atomic mass is 10.2. The Hall–Kier alpha value is -3.12. The van der Waals surface area contributed by atoms with Gasteiger partial charge >= 0.3 is 12.0 Å². The number of nitrogens with zero attached hydrogens (tertiary/aromatic N) is 1. The van der Waals surface area contributed by atoms with E-state index >= 15 is 0 Å². The quantitative estimate of drug-likeness (QED) is 0.287. The van der Waals surface area contributed by atoms with Crippen molar-refractivity contribution in [1.29, 1.82) is 0 Å². The van der Waals surface area contributed by atoms with Crippen LogP contribution in [0.5, 0.6) is 5.75 Å². The van der Waals surface area contributed by atoms with Gasteiger partial charge in [0.25, 0.3) is 0 Å². The monoisotopic (exact) mass is 343 g/mol. The molecule has 0 unspecified atom stereocenters. The standard InChI is InChI=1S/C17H14ClN3O3/c18-14-6-1-12(2-7-14)5-10-16(22)24-15-8-3-13(4-9-15)11-20-21-17(19)23/h1-11H,(H3,19,21,23). The summed E-state index contributed by atoms with van der Waals surface area (Å²) < 4.78 is 5.17. The van der Waals surface area contributed by atoms with E-state index in [0.29, 0.717) is 16.3 Å². The predicted octanol–water partition coefficient (Wildman–Crippen LogP) is 2.96. The van der Waals surface area contributed by atoms with Gasteiger partial charge in [0.1, 0.15) is 5.75 Å². The van der Waals surface area contributed by atoms with Crippen LogP contribution in [0, 0.1) is 0 Å². The molecule has 0 heterocycles. The first kappa shape index (κ1) is 17.2. The second-order valence-corrected chi connectivity index (χ2v) is 5.05. The number of hydrazone groups is 1. The van der Waals surface area contributed by atoms with Gasteiger partial charge in [0.05, 0.1) is 6.21 Å². The van der Waals surface area contributed by atoms with E-state index in [1.165, 1.54) is 12.3 Å². The van der Waals surface area contributed by atoms with Gasteiger partial charge in [0.2, 0.25) is 0 Å². The molecule has 0 radical (unpaired) electrons. The molecular formula is C17H14ClN3O3. The van der Waals surface area contributed by atoms with Gasteiger partial charge in [-0.2, -0.15) is 5.10 Å². The molecule has 2 aromatic rings. The topological polar surface area (TPSA) is 93.8 Å². The van der Waals surface area contributed by atoms with Crippen LogP contribution in [0.4, 0.5) is 4.79 Å². The van der Waals surface area contributed by atoms with Crippen LogP contribution >= 0.6 is 11.6 Å². The number of primary amides is 1. The van der Waals surface area contributed by atoms with Gasteiger partial charge < -0.3 is 10.5 Å². The maximum absolute atomic E-state index is 11.8. The summed E-state index contributed by atoms with van der Waals surface area (Å²) in [6, 6.07) is 12.9. The Morgan fingerprint density at radius 3 is 2.29 bits per heavy atom. The second kappa shape index (κ2) is 8.50. The number of carbonyl (C=O) groups is 2. The highest BCUT2D eigenvalue weighted by Crippen LogP contribution is 2.13. The molecule has 0 aromatic heterocycles. The third kappa shape index (κ3) is 5.94. The third-order valence-corrected chi connectivity index (χ3v) is 3.02. The molecule has 2 rings (SSSR count). The summed E-state index contributed by atoms with van der Waals surface area (Å²) in [7, 11) is 0. The molecule has 24 heavy (non-hydrogen) atoms. The molecule has 7 heteroatoms. The zero-order chi connectivity index (χ0) is 17.4. The molecule has 0 saturated carbocycles. The highest BCUT2D eigenvalue weighted by Gasteiger charge is 2.00. The van der Waals surface area contributed by atoms with Gasteiger partial charge in [-0.3, -0.25) is 0 Å². The second-order valence-electron chi connectivity index (χ2n) is 4.61. The molecular weight excluding hydrogens is 330 g/mol. The number of urea groups is 1. The van der Waals surface area contributed by atoms with Gasteiger partial charge in [0, 0.05) is 11.1 Å². The Kier molecular flexibility index (Phi) is 6.10. The van der Waals surface area contributed by atoms with E-state index in [2.05, 4.69) is 10.5 Å². The van der Waals surface area contributed by atoms with E-state index < -0.39 is 12.0 Å². The first-order valence-electron chi connectivity index (χ1n) is 6.87. The smallest absolute Gasteiger partial charge is 0.336 e. The first-order chi connectivity index (χ1) is 11.5.